The quantitative estimate of drug-likeness (QED) is 0.238. The van der Waals surface area contributed by atoms with Crippen LogP contribution in [0.25, 0.3) is 21.7 Å². The summed E-state index contributed by atoms with van der Waals surface area (Å²) in [5.41, 5.74) is 2.86. The van der Waals surface area contributed by atoms with E-state index in [0.717, 1.165) is 17.5 Å². The molecular formula is C26H27NO7. The van der Waals surface area contributed by atoms with Crippen molar-refractivity contribution in [2.75, 3.05) is 6.61 Å². The molecule has 34 heavy (non-hydrogen) atoms. The largest absolute Gasteiger partial charge is 0.454 e. The lowest BCUT2D eigenvalue weighted by Crippen LogP contribution is -2.69. The Balaban J connectivity index is 1.42. The summed E-state index contributed by atoms with van der Waals surface area (Å²) in [6.45, 7) is -0.641. The first-order valence-electron chi connectivity index (χ1n) is 11.2. The Labute approximate surface area is 195 Å². The summed E-state index contributed by atoms with van der Waals surface area (Å²) in [7, 11) is 0. The molecule has 6 N–H and O–H groups in total. The Kier molecular flexibility index (Phi) is 6.03. The molecule has 0 spiro atoms. The number of hydrogen-bond donors (Lipinski definition) is 6. The summed E-state index contributed by atoms with van der Waals surface area (Å²) in [4.78, 5) is 3.19. The Morgan fingerprint density at radius 1 is 0.941 bits per heavy atom. The van der Waals surface area contributed by atoms with E-state index in [4.69, 9.17) is 9.47 Å². The van der Waals surface area contributed by atoms with Gasteiger partial charge in [-0.05, 0) is 46.9 Å². The van der Waals surface area contributed by atoms with Gasteiger partial charge >= 0.3 is 0 Å². The molecule has 0 bridgehead atoms. The fourth-order valence-corrected chi connectivity index (χ4v) is 4.55. The van der Waals surface area contributed by atoms with E-state index in [9.17, 15) is 25.5 Å². The second kappa shape index (κ2) is 8.99. The molecule has 8 nitrogen and oxygen atoms in total. The summed E-state index contributed by atoms with van der Waals surface area (Å²) in [6, 6.07) is 19.7. The molecule has 5 rings (SSSR count). The van der Waals surface area contributed by atoms with Crippen LogP contribution in [0.2, 0.25) is 0 Å². The van der Waals surface area contributed by atoms with Gasteiger partial charge < -0.3 is 40.0 Å². The van der Waals surface area contributed by atoms with Gasteiger partial charge in [0.25, 0.3) is 5.79 Å². The minimum Gasteiger partial charge on any atom is -0.454 e. The molecule has 8 heteroatoms. The van der Waals surface area contributed by atoms with Crippen LogP contribution >= 0.6 is 0 Å². The zero-order valence-corrected chi connectivity index (χ0v) is 18.3. The first kappa shape index (κ1) is 22.8. The molecule has 1 fully saturated rings. The molecule has 2 heterocycles. The Morgan fingerprint density at radius 2 is 1.74 bits per heavy atom. The molecule has 1 aromatic heterocycles. The van der Waals surface area contributed by atoms with Gasteiger partial charge in [0.2, 0.25) is 6.29 Å². The van der Waals surface area contributed by atoms with Crippen molar-refractivity contribution >= 4 is 21.7 Å². The predicted octanol–water partition coefficient (Wildman–Crippen LogP) is 1.60. The van der Waals surface area contributed by atoms with Crippen LogP contribution in [0.1, 0.15) is 11.1 Å². The number of nitrogens with one attached hydrogen (secondary N) is 1. The lowest BCUT2D eigenvalue weighted by atomic mass is 9.95. The molecule has 1 aliphatic heterocycles. The monoisotopic (exact) mass is 465 g/mol. The number of H-pyrrole nitrogens is 1. The van der Waals surface area contributed by atoms with Gasteiger partial charge in [-0.2, -0.15) is 0 Å². The van der Waals surface area contributed by atoms with E-state index in [1.807, 2.05) is 24.4 Å². The lowest BCUT2D eigenvalue weighted by Gasteiger charge is -2.45. The van der Waals surface area contributed by atoms with E-state index < -0.39 is 37.0 Å². The summed E-state index contributed by atoms with van der Waals surface area (Å²) >= 11 is 0. The predicted molar refractivity (Wildman–Crippen MR) is 125 cm³/mol. The molecule has 5 atom stereocenters. The first-order chi connectivity index (χ1) is 16.4. The summed E-state index contributed by atoms with van der Waals surface area (Å²) < 4.78 is 10.8. The van der Waals surface area contributed by atoms with Gasteiger partial charge in [-0.15, -0.1) is 0 Å². The van der Waals surface area contributed by atoms with Crippen molar-refractivity contribution < 1.29 is 35.0 Å². The zero-order chi connectivity index (χ0) is 23.9. The number of aryl methyl sites for hydroxylation is 2. The van der Waals surface area contributed by atoms with Crippen molar-refractivity contribution in [3.63, 3.8) is 0 Å². The minimum absolute atomic E-state index is 0.214. The minimum atomic E-state index is -2.63. The topological polar surface area (TPSA) is 135 Å². The Hall–Kier alpha value is -2.98. The van der Waals surface area contributed by atoms with Gasteiger partial charge in [0, 0.05) is 17.1 Å². The molecule has 0 unspecified atom stereocenters. The third-order valence-corrected chi connectivity index (χ3v) is 6.49. The molecule has 1 saturated heterocycles. The van der Waals surface area contributed by atoms with E-state index in [1.54, 1.807) is 12.1 Å². The van der Waals surface area contributed by atoms with Crippen LogP contribution in [0.4, 0.5) is 0 Å². The maximum Gasteiger partial charge on any atom is 0.288 e. The standard InChI is InChI=1S/C26H27NO7/c28-14-21-23(29)24(30)26(32,25(31)33-21)34-20-7-3-6-19-22(20)18(13-27-19)11-9-15-8-10-16-4-1-2-5-17(16)12-15/h1-8,10,12-13,21,23-25,27-32H,9,11,14H2/t21-,23-,24+,25-,26+/m1/s1. The fraction of sp³-hybridized carbons (Fsp3) is 0.308. The maximum atomic E-state index is 10.9. The highest BCUT2D eigenvalue weighted by Gasteiger charge is 2.57. The second-order valence-electron chi connectivity index (χ2n) is 8.67. The maximum absolute atomic E-state index is 10.9. The van der Waals surface area contributed by atoms with Gasteiger partial charge in [0.15, 0.2) is 6.10 Å². The number of rotatable bonds is 6. The van der Waals surface area contributed by atoms with E-state index in [2.05, 4.69) is 35.3 Å². The summed E-state index contributed by atoms with van der Waals surface area (Å²) in [5.74, 6) is -2.42. The van der Waals surface area contributed by atoms with E-state index in [-0.39, 0.29) is 5.75 Å². The number of aromatic nitrogens is 1. The number of fused-ring (bicyclic) bond motifs is 2. The second-order valence-corrected chi connectivity index (χ2v) is 8.67. The van der Waals surface area contributed by atoms with Gasteiger partial charge in [0.05, 0.1) is 6.61 Å². The number of benzene rings is 3. The summed E-state index contributed by atoms with van der Waals surface area (Å²) in [5, 5.41) is 54.3. The van der Waals surface area contributed by atoms with E-state index in [0.29, 0.717) is 11.8 Å². The van der Waals surface area contributed by atoms with Crippen molar-refractivity contribution in [2.45, 2.75) is 43.2 Å². The SMILES string of the molecule is OC[C@H]1O[C@@H](O)[C@@](O)(Oc2cccc3[nH]cc(CCc4ccc5ccccc5c4)c23)[C@@H](O)[C@@H]1O. The van der Waals surface area contributed by atoms with Crippen molar-refractivity contribution in [3.05, 3.63) is 78.0 Å². The van der Waals surface area contributed by atoms with Crippen molar-refractivity contribution in [1.29, 1.82) is 0 Å². The molecule has 1 aliphatic rings. The highest BCUT2D eigenvalue weighted by Crippen LogP contribution is 2.36. The lowest BCUT2D eigenvalue weighted by molar-refractivity contribution is -0.385. The van der Waals surface area contributed by atoms with Crippen molar-refractivity contribution in [1.82, 2.24) is 4.98 Å². The molecule has 178 valence electrons. The molecule has 3 aromatic carbocycles. The molecular weight excluding hydrogens is 438 g/mol. The van der Waals surface area contributed by atoms with Crippen LogP contribution in [-0.4, -0.2) is 67.5 Å². The third-order valence-electron chi connectivity index (χ3n) is 6.49. The summed E-state index contributed by atoms with van der Waals surface area (Å²) in [6.07, 6.45) is -3.51. The molecule has 0 aliphatic carbocycles. The van der Waals surface area contributed by atoms with Gasteiger partial charge in [0.1, 0.15) is 18.0 Å². The van der Waals surface area contributed by atoms with Gasteiger partial charge in [-0.25, -0.2) is 0 Å². The van der Waals surface area contributed by atoms with Gasteiger partial charge in [-0.3, -0.25) is 0 Å². The van der Waals surface area contributed by atoms with Crippen molar-refractivity contribution in [3.8, 4) is 5.75 Å². The number of ether oxygens (including phenoxy) is 2. The Morgan fingerprint density at radius 3 is 2.53 bits per heavy atom. The van der Waals surface area contributed by atoms with E-state index in [1.165, 1.54) is 16.3 Å². The van der Waals surface area contributed by atoms with Crippen molar-refractivity contribution in [2.24, 2.45) is 0 Å². The Bertz CT molecular complexity index is 1300. The highest BCUT2D eigenvalue weighted by atomic mass is 16.7. The zero-order valence-electron chi connectivity index (χ0n) is 18.3. The molecule has 0 saturated carbocycles. The van der Waals surface area contributed by atoms with E-state index >= 15 is 0 Å². The molecule has 0 radical (unpaired) electrons. The highest BCUT2D eigenvalue weighted by molar-refractivity contribution is 5.89. The van der Waals surface area contributed by atoms with Crippen LogP contribution < -0.4 is 4.74 Å². The third kappa shape index (κ3) is 3.94. The van der Waals surface area contributed by atoms with Gasteiger partial charge in [-0.1, -0.05) is 48.5 Å². The average Bonchev–Trinajstić information content (AvgIpc) is 3.28. The molecule has 4 aromatic rings. The first-order valence-corrected chi connectivity index (χ1v) is 11.2. The molecule has 0 amide bonds. The normalized spacial score (nSPS) is 27.3. The average molecular weight is 466 g/mol. The van der Waals surface area contributed by atoms with Crippen LogP contribution in [0, 0.1) is 0 Å². The smallest absolute Gasteiger partial charge is 0.288 e. The number of aromatic amines is 1. The van der Waals surface area contributed by atoms with Crippen LogP contribution in [0.15, 0.2) is 66.9 Å². The van der Waals surface area contributed by atoms with Crippen LogP contribution in [0.5, 0.6) is 5.75 Å². The van der Waals surface area contributed by atoms with Crippen LogP contribution in [0.3, 0.4) is 0 Å². The number of aliphatic hydroxyl groups excluding tert-OH is 4. The fourth-order valence-electron chi connectivity index (χ4n) is 4.55. The number of hydrogen-bond acceptors (Lipinski definition) is 7. The number of aliphatic hydroxyl groups is 5. The van der Waals surface area contributed by atoms with Crippen LogP contribution in [-0.2, 0) is 17.6 Å².